The summed E-state index contributed by atoms with van der Waals surface area (Å²) in [5.74, 6) is 0. The second-order valence-electron chi connectivity index (χ2n) is 5.99. The van der Waals surface area contributed by atoms with Gasteiger partial charge in [-0.25, -0.2) is 0 Å². The quantitative estimate of drug-likeness (QED) is 0.866. The zero-order valence-electron chi connectivity index (χ0n) is 11.3. The minimum Gasteiger partial charge on any atom is -0.326 e. The molecule has 98 valence electrons. The van der Waals surface area contributed by atoms with Crippen LogP contribution in [-0.4, -0.2) is 23.5 Å². The van der Waals surface area contributed by atoms with E-state index in [1.54, 1.807) is 0 Å². The van der Waals surface area contributed by atoms with Crippen LogP contribution in [0.25, 0.3) is 0 Å². The molecule has 2 N–H and O–H groups in total. The molecule has 2 aliphatic rings. The third-order valence-corrected chi connectivity index (χ3v) is 4.37. The Hall–Kier alpha value is -0.860. The Morgan fingerprint density at radius 1 is 1.17 bits per heavy atom. The fourth-order valence-corrected chi connectivity index (χ4v) is 3.33. The predicted molar refractivity (Wildman–Crippen MR) is 75.5 cm³/mol. The second-order valence-corrected chi connectivity index (χ2v) is 5.99. The Bertz CT molecular complexity index is 411. The molecular weight excluding hydrogens is 220 g/mol. The Labute approximate surface area is 110 Å². The molecule has 3 rings (SSSR count). The number of nitrogens with two attached hydrogens (primary N) is 1. The molecule has 1 aromatic carbocycles. The highest BCUT2D eigenvalue weighted by molar-refractivity contribution is 5.27. The van der Waals surface area contributed by atoms with E-state index in [1.165, 1.54) is 49.8 Å². The Kier molecular flexibility index (Phi) is 3.40. The zero-order valence-corrected chi connectivity index (χ0v) is 11.3. The first kappa shape index (κ1) is 12.2. The van der Waals surface area contributed by atoms with Crippen LogP contribution in [0.1, 0.15) is 49.3 Å². The van der Waals surface area contributed by atoms with E-state index in [4.69, 9.17) is 5.73 Å². The lowest BCUT2D eigenvalue weighted by molar-refractivity contribution is 0.175. The van der Waals surface area contributed by atoms with Gasteiger partial charge in [-0.2, -0.15) is 0 Å². The van der Waals surface area contributed by atoms with Crippen LogP contribution < -0.4 is 5.73 Å². The van der Waals surface area contributed by atoms with E-state index in [1.807, 2.05) is 0 Å². The van der Waals surface area contributed by atoms with Crippen LogP contribution >= 0.6 is 0 Å². The van der Waals surface area contributed by atoms with Crippen LogP contribution in [-0.2, 0) is 0 Å². The minimum atomic E-state index is 0.301. The van der Waals surface area contributed by atoms with Crippen LogP contribution in [0.5, 0.6) is 0 Å². The van der Waals surface area contributed by atoms with Crippen molar-refractivity contribution in [3.63, 3.8) is 0 Å². The van der Waals surface area contributed by atoms with Gasteiger partial charge in [0.25, 0.3) is 0 Å². The Morgan fingerprint density at radius 3 is 2.72 bits per heavy atom. The van der Waals surface area contributed by atoms with Crippen LogP contribution in [0, 0.1) is 6.92 Å². The highest BCUT2D eigenvalue weighted by Crippen LogP contribution is 2.38. The molecule has 2 atom stereocenters. The summed E-state index contributed by atoms with van der Waals surface area (Å²) in [5.41, 5.74) is 9.25. The van der Waals surface area contributed by atoms with E-state index >= 15 is 0 Å². The average Bonchev–Trinajstić information content (AvgIpc) is 3.15. The Balaban J connectivity index is 1.92. The molecule has 1 heterocycles. The fraction of sp³-hybridized carbons (Fsp3) is 0.625. The van der Waals surface area contributed by atoms with Gasteiger partial charge in [-0.3, -0.25) is 4.90 Å². The largest absolute Gasteiger partial charge is 0.326 e. The lowest BCUT2D eigenvalue weighted by Crippen LogP contribution is -2.41. The number of hydrogen-bond donors (Lipinski definition) is 1. The van der Waals surface area contributed by atoms with Gasteiger partial charge in [0.2, 0.25) is 0 Å². The molecule has 1 aliphatic heterocycles. The number of rotatable bonds is 2. The Morgan fingerprint density at radius 2 is 2.00 bits per heavy atom. The SMILES string of the molecule is Cc1cccc(C2C(N)CCCCN2C2CC2)c1. The van der Waals surface area contributed by atoms with Gasteiger partial charge in [-0.15, -0.1) is 0 Å². The average molecular weight is 244 g/mol. The first-order valence-corrected chi connectivity index (χ1v) is 7.33. The van der Waals surface area contributed by atoms with Gasteiger partial charge in [0, 0.05) is 12.1 Å². The molecule has 1 aromatic rings. The number of hydrogen-bond acceptors (Lipinski definition) is 2. The number of nitrogens with zero attached hydrogens (tertiary/aromatic N) is 1. The standard InChI is InChI=1S/C16H24N2/c1-12-5-4-6-13(11-12)16-15(17)7-2-3-10-18(16)14-8-9-14/h4-6,11,14-16H,2-3,7-10,17H2,1H3. The molecular formula is C16H24N2. The first-order chi connectivity index (χ1) is 8.75. The summed E-state index contributed by atoms with van der Waals surface area (Å²) in [7, 11) is 0. The minimum absolute atomic E-state index is 0.301. The summed E-state index contributed by atoms with van der Waals surface area (Å²) in [4.78, 5) is 2.69. The highest BCUT2D eigenvalue weighted by Gasteiger charge is 2.38. The van der Waals surface area contributed by atoms with Gasteiger partial charge in [0.15, 0.2) is 0 Å². The van der Waals surface area contributed by atoms with Crippen molar-refractivity contribution < 1.29 is 0 Å². The van der Waals surface area contributed by atoms with E-state index < -0.39 is 0 Å². The van der Waals surface area contributed by atoms with Crippen molar-refractivity contribution >= 4 is 0 Å². The molecule has 2 unspecified atom stereocenters. The molecule has 1 aliphatic carbocycles. The molecule has 0 spiro atoms. The summed E-state index contributed by atoms with van der Waals surface area (Å²) in [5, 5.41) is 0. The van der Waals surface area contributed by atoms with Gasteiger partial charge in [0.05, 0.1) is 6.04 Å². The maximum absolute atomic E-state index is 6.48. The van der Waals surface area contributed by atoms with E-state index in [0.29, 0.717) is 12.1 Å². The summed E-state index contributed by atoms with van der Waals surface area (Å²) in [6, 6.07) is 10.5. The summed E-state index contributed by atoms with van der Waals surface area (Å²) >= 11 is 0. The van der Waals surface area contributed by atoms with Gasteiger partial charge in [-0.05, 0) is 44.7 Å². The normalized spacial score (nSPS) is 30.1. The molecule has 18 heavy (non-hydrogen) atoms. The maximum Gasteiger partial charge on any atom is 0.0502 e. The molecule has 1 saturated carbocycles. The second kappa shape index (κ2) is 5.02. The molecule has 0 bridgehead atoms. The number of benzene rings is 1. The first-order valence-electron chi connectivity index (χ1n) is 7.33. The predicted octanol–water partition coefficient (Wildman–Crippen LogP) is 3.01. The number of likely N-dealkylation sites (tertiary alicyclic amines) is 1. The maximum atomic E-state index is 6.48. The van der Waals surface area contributed by atoms with Crippen molar-refractivity contribution in [2.45, 2.75) is 57.2 Å². The third-order valence-electron chi connectivity index (χ3n) is 4.37. The summed E-state index contributed by atoms with van der Waals surface area (Å²) in [6.07, 6.45) is 6.51. The molecule has 2 nitrogen and oxygen atoms in total. The molecule has 0 radical (unpaired) electrons. The van der Waals surface area contributed by atoms with Crippen molar-refractivity contribution in [2.24, 2.45) is 5.73 Å². The zero-order chi connectivity index (χ0) is 12.5. The van der Waals surface area contributed by atoms with Gasteiger partial charge in [0.1, 0.15) is 0 Å². The summed E-state index contributed by atoms with van der Waals surface area (Å²) in [6.45, 7) is 3.41. The monoisotopic (exact) mass is 244 g/mol. The highest BCUT2D eigenvalue weighted by atomic mass is 15.2. The van der Waals surface area contributed by atoms with Gasteiger partial charge < -0.3 is 5.73 Å². The van der Waals surface area contributed by atoms with E-state index in [0.717, 1.165) is 6.04 Å². The fourth-order valence-electron chi connectivity index (χ4n) is 3.33. The molecule has 2 heteroatoms. The van der Waals surface area contributed by atoms with Crippen molar-refractivity contribution in [1.29, 1.82) is 0 Å². The topological polar surface area (TPSA) is 29.3 Å². The van der Waals surface area contributed by atoms with Gasteiger partial charge >= 0.3 is 0 Å². The smallest absolute Gasteiger partial charge is 0.0502 e. The van der Waals surface area contributed by atoms with E-state index in [9.17, 15) is 0 Å². The number of aryl methyl sites for hydroxylation is 1. The van der Waals surface area contributed by atoms with Crippen LogP contribution in [0.3, 0.4) is 0 Å². The van der Waals surface area contributed by atoms with Crippen molar-refractivity contribution in [1.82, 2.24) is 4.90 Å². The molecule has 0 amide bonds. The van der Waals surface area contributed by atoms with Gasteiger partial charge in [-0.1, -0.05) is 36.2 Å². The van der Waals surface area contributed by atoms with Crippen molar-refractivity contribution in [2.75, 3.05) is 6.54 Å². The lowest BCUT2D eigenvalue weighted by Gasteiger charge is -2.34. The van der Waals surface area contributed by atoms with Crippen LogP contribution in [0.4, 0.5) is 0 Å². The molecule has 1 saturated heterocycles. The van der Waals surface area contributed by atoms with E-state index in [2.05, 4.69) is 36.1 Å². The van der Waals surface area contributed by atoms with Crippen LogP contribution in [0.2, 0.25) is 0 Å². The van der Waals surface area contributed by atoms with Crippen LogP contribution in [0.15, 0.2) is 24.3 Å². The third kappa shape index (κ3) is 2.45. The van der Waals surface area contributed by atoms with Crippen molar-refractivity contribution in [3.05, 3.63) is 35.4 Å². The summed E-state index contributed by atoms with van der Waals surface area (Å²) < 4.78 is 0. The van der Waals surface area contributed by atoms with E-state index in [-0.39, 0.29) is 0 Å². The lowest BCUT2D eigenvalue weighted by atomic mass is 9.95. The molecule has 2 fully saturated rings. The van der Waals surface area contributed by atoms with Crippen molar-refractivity contribution in [3.8, 4) is 0 Å². The molecule has 0 aromatic heterocycles.